The van der Waals surface area contributed by atoms with E-state index in [0.29, 0.717) is 17.7 Å². The van der Waals surface area contributed by atoms with Gasteiger partial charge in [0.05, 0.1) is 0 Å². The number of nitrogens with one attached hydrogen (secondary N) is 1. The van der Waals surface area contributed by atoms with Crippen molar-refractivity contribution < 1.29 is 9.18 Å². The first-order valence-corrected chi connectivity index (χ1v) is 6.58. The monoisotopic (exact) mass is 241 g/mol. The van der Waals surface area contributed by atoms with Crippen molar-refractivity contribution in [1.82, 2.24) is 5.32 Å². The number of aryl methyl sites for hydroxylation is 1. The Morgan fingerprint density at radius 3 is 2.88 bits per heavy atom. The fourth-order valence-corrected chi connectivity index (χ4v) is 1.74. The number of thioether (sulfide) groups is 1. The van der Waals surface area contributed by atoms with Crippen molar-refractivity contribution >= 4 is 17.7 Å². The quantitative estimate of drug-likeness (QED) is 0.803. The summed E-state index contributed by atoms with van der Waals surface area (Å²) in [5.74, 6) is 0.617. The van der Waals surface area contributed by atoms with Gasteiger partial charge in [-0.2, -0.15) is 11.8 Å². The van der Waals surface area contributed by atoms with E-state index in [-0.39, 0.29) is 11.7 Å². The van der Waals surface area contributed by atoms with Gasteiger partial charge >= 0.3 is 0 Å². The van der Waals surface area contributed by atoms with Crippen LogP contribution >= 0.6 is 11.8 Å². The minimum atomic E-state index is -0.279. The van der Waals surface area contributed by atoms with E-state index in [1.165, 1.54) is 12.1 Å². The summed E-state index contributed by atoms with van der Waals surface area (Å²) in [7, 11) is 0. The Morgan fingerprint density at radius 1 is 1.50 bits per heavy atom. The van der Waals surface area contributed by atoms with Gasteiger partial charge < -0.3 is 5.32 Å². The van der Waals surface area contributed by atoms with Crippen LogP contribution in [0.4, 0.5) is 4.39 Å². The third kappa shape index (κ3) is 3.85. The lowest BCUT2D eigenvalue weighted by Crippen LogP contribution is -2.24. The molecule has 0 aliphatic heterocycles. The van der Waals surface area contributed by atoms with Crippen molar-refractivity contribution in [3.8, 4) is 0 Å². The first-order chi connectivity index (χ1) is 7.65. The predicted molar refractivity (Wildman–Crippen MR) is 66.5 cm³/mol. The van der Waals surface area contributed by atoms with Gasteiger partial charge in [-0.3, -0.25) is 4.79 Å². The van der Waals surface area contributed by atoms with Crippen LogP contribution in [0.15, 0.2) is 18.2 Å². The van der Waals surface area contributed by atoms with Gasteiger partial charge in [0.2, 0.25) is 0 Å². The van der Waals surface area contributed by atoms with Gasteiger partial charge in [-0.15, -0.1) is 0 Å². The summed E-state index contributed by atoms with van der Waals surface area (Å²) < 4.78 is 13.0. The van der Waals surface area contributed by atoms with E-state index in [9.17, 15) is 9.18 Å². The summed E-state index contributed by atoms with van der Waals surface area (Å²) in [5, 5.41) is 2.81. The van der Waals surface area contributed by atoms with E-state index in [4.69, 9.17) is 0 Å². The number of hydrogen-bond donors (Lipinski definition) is 1. The predicted octanol–water partition coefficient (Wildman–Crippen LogP) is 2.62. The van der Waals surface area contributed by atoms with Gasteiger partial charge in [-0.05, 0) is 49.1 Å². The second-order valence-electron chi connectivity index (χ2n) is 3.57. The Labute approximate surface area is 99.6 Å². The molecular weight excluding hydrogens is 225 g/mol. The largest absolute Gasteiger partial charge is 0.352 e. The zero-order chi connectivity index (χ0) is 12.0. The third-order valence-electron chi connectivity index (χ3n) is 2.23. The average molecular weight is 241 g/mol. The van der Waals surface area contributed by atoms with Crippen LogP contribution in [0, 0.1) is 12.7 Å². The lowest BCUT2D eigenvalue weighted by atomic mass is 10.1. The molecule has 0 unspecified atom stereocenters. The molecule has 1 rings (SSSR count). The highest BCUT2D eigenvalue weighted by molar-refractivity contribution is 7.98. The molecule has 0 heterocycles. The molecule has 0 aromatic heterocycles. The molecule has 1 N–H and O–H groups in total. The Kier molecular flexibility index (Phi) is 5.32. The van der Waals surface area contributed by atoms with E-state index < -0.39 is 0 Å². The second kappa shape index (κ2) is 6.53. The van der Waals surface area contributed by atoms with Crippen LogP contribution < -0.4 is 5.32 Å². The molecule has 0 radical (unpaired) electrons. The molecule has 16 heavy (non-hydrogen) atoms. The smallest absolute Gasteiger partial charge is 0.251 e. The molecular formula is C12H16FNOS. The maximum atomic E-state index is 13.0. The van der Waals surface area contributed by atoms with Crippen LogP contribution in [0.25, 0.3) is 0 Å². The fraction of sp³-hybridized carbons (Fsp3) is 0.417. The highest BCUT2D eigenvalue weighted by Gasteiger charge is 2.06. The molecule has 0 aliphatic rings. The van der Waals surface area contributed by atoms with Crippen LogP contribution in [0.1, 0.15) is 22.3 Å². The van der Waals surface area contributed by atoms with Gasteiger partial charge in [0.25, 0.3) is 5.91 Å². The molecule has 2 nitrogen and oxygen atoms in total. The summed E-state index contributed by atoms with van der Waals surface area (Å²) in [6.45, 7) is 2.32. The average Bonchev–Trinajstić information content (AvgIpc) is 2.28. The molecule has 0 fully saturated rings. The Morgan fingerprint density at radius 2 is 2.25 bits per heavy atom. The molecule has 0 aliphatic carbocycles. The standard InChI is InChI=1S/C12H16FNOS/c1-9-8-10(4-5-11(9)13)12(15)14-6-3-7-16-2/h4-5,8H,3,6-7H2,1-2H3,(H,14,15). The van der Waals surface area contributed by atoms with Crippen molar-refractivity contribution in [3.63, 3.8) is 0 Å². The Balaban J connectivity index is 2.50. The zero-order valence-corrected chi connectivity index (χ0v) is 10.4. The van der Waals surface area contributed by atoms with E-state index in [2.05, 4.69) is 5.32 Å². The van der Waals surface area contributed by atoms with Gasteiger partial charge in [0.1, 0.15) is 5.82 Å². The van der Waals surface area contributed by atoms with Crippen LogP contribution in [-0.2, 0) is 0 Å². The number of hydrogen-bond acceptors (Lipinski definition) is 2. The van der Waals surface area contributed by atoms with Crippen molar-refractivity contribution in [2.24, 2.45) is 0 Å². The van der Waals surface area contributed by atoms with Crippen molar-refractivity contribution in [3.05, 3.63) is 35.1 Å². The van der Waals surface area contributed by atoms with E-state index >= 15 is 0 Å². The molecule has 4 heteroatoms. The number of carbonyl (C=O) groups excluding carboxylic acids is 1. The number of amides is 1. The van der Waals surface area contributed by atoms with E-state index in [1.807, 2.05) is 6.26 Å². The summed E-state index contributed by atoms with van der Waals surface area (Å²) in [4.78, 5) is 11.6. The Bertz CT molecular complexity index is 368. The number of rotatable bonds is 5. The lowest BCUT2D eigenvalue weighted by Gasteiger charge is -2.05. The van der Waals surface area contributed by atoms with Gasteiger partial charge in [0.15, 0.2) is 0 Å². The number of halogens is 1. The van der Waals surface area contributed by atoms with Crippen molar-refractivity contribution in [1.29, 1.82) is 0 Å². The molecule has 1 amide bonds. The van der Waals surface area contributed by atoms with E-state index in [1.54, 1.807) is 24.8 Å². The highest BCUT2D eigenvalue weighted by atomic mass is 32.2. The third-order valence-corrected chi connectivity index (χ3v) is 2.93. The van der Waals surface area contributed by atoms with Gasteiger partial charge in [-0.1, -0.05) is 0 Å². The molecule has 0 saturated heterocycles. The summed E-state index contributed by atoms with van der Waals surface area (Å²) >= 11 is 1.75. The van der Waals surface area contributed by atoms with Crippen molar-refractivity contribution in [2.45, 2.75) is 13.3 Å². The molecule has 1 aromatic rings. The van der Waals surface area contributed by atoms with Crippen LogP contribution in [0.2, 0.25) is 0 Å². The molecule has 0 bridgehead atoms. The lowest BCUT2D eigenvalue weighted by molar-refractivity contribution is 0.0953. The molecule has 1 aromatic carbocycles. The summed E-state index contributed by atoms with van der Waals surface area (Å²) in [6.07, 6.45) is 2.98. The van der Waals surface area contributed by atoms with Gasteiger partial charge in [-0.25, -0.2) is 4.39 Å². The molecule has 0 saturated carbocycles. The fourth-order valence-electron chi connectivity index (χ4n) is 1.31. The maximum absolute atomic E-state index is 13.0. The maximum Gasteiger partial charge on any atom is 0.251 e. The molecule has 0 spiro atoms. The normalized spacial score (nSPS) is 10.2. The summed E-state index contributed by atoms with van der Waals surface area (Å²) in [6, 6.07) is 4.40. The highest BCUT2D eigenvalue weighted by Crippen LogP contribution is 2.09. The minimum absolute atomic E-state index is 0.135. The minimum Gasteiger partial charge on any atom is -0.352 e. The van der Waals surface area contributed by atoms with E-state index in [0.717, 1.165) is 12.2 Å². The summed E-state index contributed by atoms with van der Waals surface area (Å²) in [5.41, 5.74) is 1.01. The van der Waals surface area contributed by atoms with Crippen LogP contribution in [0.5, 0.6) is 0 Å². The zero-order valence-electron chi connectivity index (χ0n) is 9.55. The number of benzene rings is 1. The SMILES string of the molecule is CSCCCNC(=O)c1ccc(F)c(C)c1. The second-order valence-corrected chi connectivity index (χ2v) is 4.55. The molecule has 88 valence electrons. The van der Waals surface area contributed by atoms with Crippen LogP contribution in [0.3, 0.4) is 0 Å². The Hall–Kier alpha value is -1.03. The van der Waals surface area contributed by atoms with Gasteiger partial charge in [0, 0.05) is 12.1 Å². The molecule has 0 atom stereocenters. The van der Waals surface area contributed by atoms with Crippen LogP contribution in [-0.4, -0.2) is 24.5 Å². The topological polar surface area (TPSA) is 29.1 Å². The first-order valence-electron chi connectivity index (χ1n) is 5.18. The number of carbonyl (C=O) groups is 1. The first kappa shape index (κ1) is 13.0. The van der Waals surface area contributed by atoms with Crippen molar-refractivity contribution in [2.75, 3.05) is 18.6 Å².